The minimum atomic E-state index is 0.485. The topological polar surface area (TPSA) is 15.3 Å². The molecule has 0 amide bonds. The highest BCUT2D eigenvalue weighted by molar-refractivity contribution is 4.88. The fourth-order valence-corrected chi connectivity index (χ4v) is 3.37. The summed E-state index contributed by atoms with van der Waals surface area (Å²) in [4.78, 5) is 0. The number of nitrogens with one attached hydrogen (secondary N) is 1. The van der Waals surface area contributed by atoms with Gasteiger partial charge in [0, 0.05) is 19.6 Å². The van der Waals surface area contributed by atoms with Crippen LogP contribution in [0.25, 0.3) is 0 Å². The fraction of sp³-hybridized carbons (Fsp3) is 1.00. The first-order valence-corrected chi connectivity index (χ1v) is 6.04. The molecule has 82 valence electrons. The van der Waals surface area contributed by atoms with Gasteiger partial charge in [-0.3, -0.25) is 5.43 Å². The van der Waals surface area contributed by atoms with Crippen molar-refractivity contribution in [3.05, 3.63) is 0 Å². The minimum Gasteiger partial charge on any atom is -0.252 e. The number of hydrogen-bond acceptors (Lipinski definition) is 2. The van der Waals surface area contributed by atoms with E-state index >= 15 is 0 Å². The van der Waals surface area contributed by atoms with Crippen LogP contribution in [0.2, 0.25) is 0 Å². The van der Waals surface area contributed by atoms with Crippen LogP contribution in [0.4, 0.5) is 0 Å². The molecule has 2 atom stereocenters. The van der Waals surface area contributed by atoms with E-state index in [0.29, 0.717) is 5.41 Å². The van der Waals surface area contributed by atoms with E-state index in [9.17, 15) is 0 Å². The highest BCUT2D eigenvalue weighted by atomic mass is 15.5. The lowest BCUT2D eigenvalue weighted by Crippen LogP contribution is -2.45. The molecule has 14 heavy (non-hydrogen) atoms. The largest absolute Gasteiger partial charge is 0.252 e. The van der Waals surface area contributed by atoms with Gasteiger partial charge in [-0.15, -0.1) is 0 Å². The van der Waals surface area contributed by atoms with Gasteiger partial charge in [0.05, 0.1) is 0 Å². The van der Waals surface area contributed by atoms with Gasteiger partial charge in [-0.2, -0.15) is 0 Å². The fourth-order valence-electron chi connectivity index (χ4n) is 3.37. The second kappa shape index (κ2) is 3.82. The zero-order chi connectivity index (χ0) is 10.2. The molecule has 1 saturated heterocycles. The van der Waals surface area contributed by atoms with Crippen molar-refractivity contribution in [1.29, 1.82) is 0 Å². The molecule has 0 radical (unpaired) electrons. The van der Waals surface area contributed by atoms with E-state index in [0.717, 1.165) is 12.0 Å². The van der Waals surface area contributed by atoms with Crippen LogP contribution in [0, 0.1) is 11.3 Å². The minimum absolute atomic E-state index is 0.485. The number of nitrogens with zero attached hydrogens (tertiary/aromatic N) is 1. The highest BCUT2D eigenvalue weighted by Crippen LogP contribution is 2.37. The van der Waals surface area contributed by atoms with Crippen molar-refractivity contribution in [2.24, 2.45) is 11.3 Å². The van der Waals surface area contributed by atoms with Gasteiger partial charge in [-0.25, -0.2) is 5.01 Å². The number of fused-ring (bicyclic) bond motifs is 1. The third-order valence-corrected chi connectivity index (χ3v) is 3.78. The van der Waals surface area contributed by atoms with Crippen LogP contribution in [0.5, 0.6) is 0 Å². The van der Waals surface area contributed by atoms with Gasteiger partial charge in [-0.05, 0) is 30.6 Å². The molecule has 2 heteroatoms. The van der Waals surface area contributed by atoms with Gasteiger partial charge in [-0.1, -0.05) is 26.7 Å². The van der Waals surface area contributed by atoms with Crippen LogP contribution in [-0.4, -0.2) is 24.6 Å². The smallest absolute Gasteiger partial charge is 0.0243 e. The third-order valence-electron chi connectivity index (χ3n) is 3.78. The predicted octanol–water partition coefficient (Wildman–Crippen LogP) is 2.41. The van der Waals surface area contributed by atoms with Gasteiger partial charge in [0.25, 0.3) is 0 Å². The van der Waals surface area contributed by atoms with Gasteiger partial charge in [0.1, 0.15) is 0 Å². The van der Waals surface area contributed by atoms with Crippen molar-refractivity contribution in [2.45, 2.75) is 52.0 Å². The summed E-state index contributed by atoms with van der Waals surface area (Å²) in [5.74, 6) is 0.920. The molecule has 1 aliphatic carbocycles. The van der Waals surface area contributed by atoms with Crippen LogP contribution < -0.4 is 5.43 Å². The van der Waals surface area contributed by atoms with Crippen molar-refractivity contribution >= 4 is 0 Å². The second-order valence-corrected chi connectivity index (χ2v) is 6.00. The molecule has 2 aliphatic rings. The Labute approximate surface area is 88.0 Å². The molecular weight excluding hydrogens is 172 g/mol. The average molecular weight is 196 g/mol. The van der Waals surface area contributed by atoms with E-state index in [1.54, 1.807) is 0 Å². The molecule has 2 fully saturated rings. The van der Waals surface area contributed by atoms with E-state index < -0.39 is 0 Å². The third kappa shape index (κ3) is 2.29. The Hall–Kier alpha value is -0.0800. The monoisotopic (exact) mass is 196 g/mol. The Balaban J connectivity index is 2.08. The van der Waals surface area contributed by atoms with Crippen molar-refractivity contribution in [3.8, 4) is 0 Å². The Morgan fingerprint density at radius 3 is 2.71 bits per heavy atom. The molecule has 1 saturated carbocycles. The zero-order valence-corrected chi connectivity index (χ0v) is 9.84. The quantitative estimate of drug-likeness (QED) is 0.640. The molecule has 0 bridgehead atoms. The molecular formula is C12H24N2. The first-order valence-electron chi connectivity index (χ1n) is 6.04. The van der Waals surface area contributed by atoms with Crippen LogP contribution in [0.1, 0.15) is 46.0 Å². The molecule has 1 aliphatic heterocycles. The molecule has 1 N–H and O–H groups in total. The molecule has 2 rings (SSSR count). The Bertz CT molecular complexity index is 200. The lowest BCUT2D eigenvalue weighted by atomic mass is 9.75. The summed E-state index contributed by atoms with van der Waals surface area (Å²) in [6.45, 7) is 5.99. The Morgan fingerprint density at radius 1 is 1.21 bits per heavy atom. The van der Waals surface area contributed by atoms with Crippen molar-refractivity contribution in [2.75, 3.05) is 13.6 Å². The van der Waals surface area contributed by atoms with Crippen LogP contribution in [0.3, 0.4) is 0 Å². The Kier molecular flexibility index (Phi) is 2.85. The summed E-state index contributed by atoms with van der Waals surface area (Å²) in [6.07, 6.45) is 7.08. The molecule has 0 aromatic heterocycles. The molecule has 0 aromatic carbocycles. The predicted molar refractivity (Wildman–Crippen MR) is 59.9 cm³/mol. The summed E-state index contributed by atoms with van der Waals surface area (Å²) >= 11 is 0. The van der Waals surface area contributed by atoms with Crippen molar-refractivity contribution < 1.29 is 0 Å². The summed E-state index contributed by atoms with van der Waals surface area (Å²) in [5.41, 5.74) is 4.15. The summed E-state index contributed by atoms with van der Waals surface area (Å²) in [7, 11) is 2.19. The first-order chi connectivity index (χ1) is 6.57. The molecule has 1 heterocycles. The van der Waals surface area contributed by atoms with E-state index in [2.05, 4.69) is 31.3 Å². The van der Waals surface area contributed by atoms with E-state index in [1.807, 2.05) is 0 Å². The van der Waals surface area contributed by atoms with Crippen molar-refractivity contribution in [3.63, 3.8) is 0 Å². The standard InChI is InChI=1S/C12H24N2/c1-12(2)8-10-6-4-5-7-11(10)13-14(3)9-12/h10-11,13H,4-9H2,1-3H3. The van der Waals surface area contributed by atoms with Crippen LogP contribution in [-0.2, 0) is 0 Å². The van der Waals surface area contributed by atoms with Crippen LogP contribution >= 0.6 is 0 Å². The van der Waals surface area contributed by atoms with Gasteiger partial charge in [0.2, 0.25) is 0 Å². The summed E-state index contributed by atoms with van der Waals surface area (Å²) in [5, 5.41) is 2.32. The molecule has 2 unspecified atom stereocenters. The van der Waals surface area contributed by atoms with Gasteiger partial charge < -0.3 is 0 Å². The second-order valence-electron chi connectivity index (χ2n) is 6.00. The van der Waals surface area contributed by atoms with Gasteiger partial charge in [0.15, 0.2) is 0 Å². The maximum atomic E-state index is 3.67. The lowest BCUT2D eigenvalue weighted by Gasteiger charge is -2.32. The van der Waals surface area contributed by atoms with Crippen LogP contribution in [0.15, 0.2) is 0 Å². The van der Waals surface area contributed by atoms with E-state index in [4.69, 9.17) is 0 Å². The molecule has 0 aromatic rings. The van der Waals surface area contributed by atoms with E-state index in [1.165, 1.54) is 38.6 Å². The number of rotatable bonds is 0. The SMILES string of the molecule is CN1CC(C)(C)CC2CCCCC2N1. The number of hydrazine groups is 1. The molecule has 2 nitrogen and oxygen atoms in total. The maximum Gasteiger partial charge on any atom is 0.0243 e. The highest BCUT2D eigenvalue weighted by Gasteiger charge is 2.35. The maximum absolute atomic E-state index is 3.67. The van der Waals surface area contributed by atoms with E-state index in [-0.39, 0.29) is 0 Å². The number of hydrogen-bond donors (Lipinski definition) is 1. The molecule has 0 spiro atoms. The zero-order valence-electron chi connectivity index (χ0n) is 9.84. The van der Waals surface area contributed by atoms with Gasteiger partial charge >= 0.3 is 0 Å². The first kappa shape index (κ1) is 10.4. The lowest BCUT2D eigenvalue weighted by molar-refractivity contribution is 0.153. The summed E-state index contributed by atoms with van der Waals surface area (Å²) < 4.78 is 0. The van der Waals surface area contributed by atoms with Crippen molar-refractivity contribution in [1.82, 2.24) is 10.4 Å². The Morgan fingerprint density at radius 2 is 1.93 bits per heavy atom. The normalized spacial score (nSPS) is 38.8. The average Bonchev–Trinajstić information content (AvgIpc) is 2.16. The summed E-state index contributed by atoms with van der Waals surface area (Å²) in [6, 6.07) is 0.760.